The first-order valence-corrected chi connectivity index (χ1v) is 8.25. The summed E-state index contributed by atoms with van der Waals surface area (Å²) >= 11 is 0. The zero-order chi connectivity index (χ0) is 18.1. The van der Waals surface area contributed by atoms with Gasteiger partial charge >= 0.3 is 5.91 Å². The minimum atomic E-state index is -0.482. The quantitative estimate of drug-likeness (QED) is 0.862. The van der Waals surface area contributed by atoms with Crippen molar-refractivity contribution < 1.29 is 14.3 Å². The molecule has 0 saturated heterocycles. The van der Waals surface area contributed by atoms with Crippen molar-refractivity contribution in [3.63, 3.8) is 0 Å². The van der Waals surface area contributed by atoms with Gasteiger partial charge in [0.1, 0.15) is 5.70 Å². The third-order valence-electron chi connectivity index (χ3n) is 4.22. The lowest BCUT2D eigenvalue weighted by molar-refractivity contribution is -0.119. The van der Waals surface area contributed by atoms with Crippen LogP contribution < -0.4 is 5.43 Å². The number of aromatic amines is 1. The van der Waals surface area contributed by atoms with Gasteiger partial charge in [0, 0.05) is 12.3 Å². The van der Waals surface area contributed by atoms with Crippen LogP contribution in [0.5, 0.6) is 0 Å². The normalized spacial score (nSPS) is 18.7. The number of hydrogen-bond acceptors (Lipinski definition) is 6. The molecule has 0 fully saturated rings. The maximum absolute atomic E-state index is 12.4. The third kappa shape index (κ3) is 2.97. The van der Waals surface area contributed by atoms with Gasteiger partial charge in [0.25, 0.3) is 0 Å². The zero-order valence-electron chi connectivity index (χ0n) is 14.1. The molecule has 1 atom stereocenters. The number of carbonyl (C=O) groups is 2. The molecular formula is C18H17N5O3. The summed E-state index contributed by atoms with van der Waals surface area (Å²) in [6.45, 7) is 1.87. The summed E-state index contributed by atoms with van der Waals surface area (Å²) in [5.41, 5.74) is 4.05. The molecule has 0 unspecified atom stereocenters. The van der Waals surface area contributed by atoms with Crippen LogP contribution >= 0.6 is 0 Å². The average molecular weight is 351 g/mol. The van der Waals surface area contributed by atoms with Crippen LogP contribution in [0.25, 0.3) is 0 Å². The van der Waals surface area contributed by atoms with Crippen LogP contribution in [0.2, 0.25) is 0 Å². The maximum atomic E-state index is 12.4. The van der Waals surface area contributed by atoms with Crippen molar-refractivity contribution in [2.24, 2.45) is 5.92 Å². The lowest BCUT2D eigenvalue weighted by Crippen LogP contribution is -2.43. The van der Waals surface area contributed by atoms with Gasteiger partial charge in [-0.2, -0.15) is 5.10 Å². The number of benzene rings is 1. The smallest absolute Gasteiger partial charge is 0.307 e. The monoisotopic (exact) mass is 351 g/mol. The Hall–Kier alpha value is -3.42. The molecule has 2 aliphatic rings. The molecule has 8 nitrogen and oxygen atoms in total. The third-order valence-corrected chi connectivity index (χ3v) is 4.22. The van der Waals surface area contributed by atoms with E-state index in [9.17, 15) is 9.59 Å². The number of allylic oxidation sites excluding steroid dienone is 3. The number of amides is 1. The Morgan fingerprint density at radius 2 is 2.19 bits per heavy atom. The predicted octanol–water partition coefficient (Wildman–Crippen LogP) is 1.32. The largest absolute Gasteiger partial charge is 0.469 e. The van der Waals surface area contributed by atoms with Gasteiger partial charge in [-0.15, -0.1) is 0 Å². The van der Waals surface area contributed by atoms with Crippen LogP contribution in [0.3, 0.4) is 0 Å². The number of nitrogens with zero attached hydrogens (tertiary/aromatic N) is 3. The Labute approximate surface area is 149 Å². The van der Waals surface area contributed by atoms with E-state index in [-0.39, 0.29) is 24.3 Å². The molecule has 8 heteroatoms. The summed E-state index contributed by atoms with van der Waals surface area (Å²) in [6.07, 6.45) is 4.05. The fourth-order valence-electron chi connectivity index (χ4n) is 2.84. The molecule has 1 aromatic heterocycles. The molecule has 1 aliphatic carbocycles. The molecule has 2 N–H and O–H groups in total. The highest BCUT2D eigenvalue weighted by Gasteiger charge is 2.34. The van der Waals surface area contributed by atoms with Gasteiger partial charge in [0.2, 0.25) is 5.82 Å². The van der Waals surface area contributed by atoms with Gasteiger partial charge in [-0.1, -0.05) is 43.3 Å². The fourth-order valence-corrected chi connectivity index (χ4v) is 2.84. The number of aromatic nitrogens is 3. The number of Topliss-reactive ketones (excluding diaryl/α,β-unsaturated/α-hetero) is 1. The molecule has 0 spiro atoms. The SMILES string of the molecule is C[C@H]1C=CC2=C(C1=O)N(NC(=O)c1nc(Cc3ccccc3)n[nH]1)CO2. The Bertz CT molecular complexity index is 916. The molecule has 4 rings (SSSR count). The second kappa shape index (κ2) is 6.47. The van der Waals surface area contributed by atoms with Crippen LogP contribution in [0.15, 0.2) is 53.9 Å². The fraction of sp³-hybridized carbons (Fsp3) is 0.222. The van der Waals surface area contributed by atoms with Crippen LogP contribution in [-0.2, 0) is 16.0 Å². The van der Waals surface area contributed by atoms with Gasteiger partial charge in [0.15, 0.2) is 24.1 Å². The molecule has 132 valence electrons. The first kappa shape index (κ1) is 16.1. The second-order valence-electron chi connectivity index (χ2n) is 6.13. The molecular weight excluding hydrogens is 334 g/mol. The van der Waals surface area contributed by atoms with Crippen LogP contribution in [0.4, 0.5) is 0 Å². The van der Waals surface area contributed by atoms with Crippen molar-refractivity contribution in [2.75, 3.05) is 6.73 Å². The summed E-state index contributed by atoms with van der Waals surface area (Å²) < 4.78 is 5.45. The van der Waals surface area contributed by atoms with Gasteiger partial charge in [-0.3, -0.25) is 20.1 Å². The lowest BCUT2D eigenvalue weighted by atomic mass is 9.98. The van der Waals surface area contributed by atoms with E-state index in [1.807, 2.05) is 30.3 Å². The van der Waals surface area contributed by atoms with Gasteiger partial charge < -0.3 is 4.74 Å². The lowest BCUT2D eigenvalue weighted by Gasteiger charge is -2.21. The summed E-state index contributed by atoms with van der Waals surface area (Å²) in [4.78, 5) is 29.0. The standard InChI is InChI=1S/C18H17N5O3/c1-11-7-8-13-15(16(11)24)23(10-26-13)22-18(25)17-19-14(20-21-17)9-12-5-3-2-4-6-12/h2-8,11H,9-10H2,1H3,(H,22,25)(H,19,20,21)/t11-/m0/s1. The Morgan fingerprint density at radius 1 is 1.38 bits per heavy atom. The van der Waals surface area contributed by atoms with Crippen molar-refractivity contribution in [2.45, 2.75) is 13.3 Å². The summed E-state index contributed by atoms with van der Waals surface area (Å²) in [5.74, 6) is 0.237. The Kier molecular flexibility index (Phi) is 4.00. The highest BCUT2D eigenvalue weighted by molar-refractivity contribution is 6.00. The molecule has 2 aromatic rings. The molecule has 0 saturated carbocycles. The number of hydrazine groups is 1. The molecule has 26 heavy (non-hydrogen) atoms. The highest BCUT2D eigenvalue weighted by atomic mass is 16.5. The molecule has 1 aromatic carbocycles. The van der Waals surface area contributed by atoms with Crippen LogP contribution in [0.1, 0.15) is 28.9 Å². The zero-order valence-corrected chi connectivity index (χ0v) is 14.1. The first-order valence-electron chi connectivity index (χ1n) is 8.25. The van der Waals surface area contributed by atoms with E-state index in [1.165, 1.54) is 5.01 Å². The van der Waals surface area contributed by atoms with Crippen molar-refractivity contribution >= 4 is 11.7 Å². The summed E-state index contributed by atoms with van der Waals surface area (Å²) in [5, 5.41) is 8.12. The molecule has 1 amide bonds. The first-order chi connectivity index (χ1) is 12.6. The second-order valence-corrected chi connectivity index (χ2v) is 6.13. The average Bonchev–Trinajstić information content (AvgIpc) is 3.27. The minimum absolute atomic E-state index is 0.0736. The molecule has 0 bridgehead atoms. The van der Waals surface area contributed by atoms with E-state index in [0.717, 1.165) is 5.56 Å². The number of ether oxygens (including phenoxy) is 1. The van der Waals surface area contributed by atoms with Crippen molar-refractivity contribution in [3.05, 3.63) is 71.2 Å². The Morgan fingerprint density at radius 3 is 3.00 bits per heavy atom. The van der Waals surface area contributed by atoms with Gasteiger partial charge in [0.05, 0.1) is 0 Å². The van der Waals surface area contributed by atoms with E-state index in [4.69, 9.17) is 4.74 Å². The topological polar surface area (TPSA) is 100 Å². The highest BCUT2D eigenvalue weighted by Crippen LogP contribution is 2.27. The summed E-state index contributed by atoms with van der Waals surface area (Å²) in [7, 11) is 0. The van der Waals surface area contributed by atoms with E-state index >= 15 is 0 Å². The van der Waals surface area contributed by atoms with Crippen molar-refractivity contribution in [1.82, 2.24) is 25.6 Å². The van der Waals surface area contributed by atoms with Crippen LogP contribution in [-0.4, -0.2) is 38.6 Å². The predicted molar refractivity (Wildman–Crippen MR) is 91.2 cm³/mol. The van der Waals surface area contributed by atoms with Crippen molar-refractivity contribution in [3.8, 4) is 0 Å². The van der Waals surface area contributed by atoms with Crippen molar-refractivity contribution in [1.29, 1.82) is 0 Å². The molecule has 2 heterocycles. The van der Waals surface area contributed by atoms with E-state index in [0.29, 0.717) is 23.7 Å². The Balaban J connectivity index is 1.45. The van der Waals surface area contributed by atoms with E-state index in [2.05, 4.69) is 20.6 Å². The minimum Gasteiger partial charge on any atom is -0.469 e. The summed E-state index contributed by atoms with van der Waals surface area (Å²) in [6, 6.07) is 9.74. The number of hydrogen-bond donors (Lipinski definition) is 2. The van der Waals surface area contributed by atoms with E-state index < -0.39 is 5.91 Å². The number of H-pyrrole nitrogens is 1. The molecule has 1 aliphatic heterocycles. The van der Waals surface area contributed by atoms with Crippen LogP contribution in [0, 0.1) is 5.92 Å². The number of ketones is 1. The van der Waals surface area contributed by atoms with Gasteiger partial charge in [-0.25, -0.2) is 9.99 Å². The number of nitrogens with one attached hydrogen (secondary N) is 2. The van der Waals surface area contributed by atoms with E-state index in [1.54, 1.807) is 19.1 Å². The maximum Gasteiger partial charge on any atom is 0.307 e. The number of rotatable bonds is 4. The number of carbonyl (C=O) groups excluding carboxylic acids is 2. The molecule has 0 radical (unpaired) electrons. The van der Waals surface area contributed by atoms with Gasteiger partial charge in [-0.05, 0) is 11.6 Å².